The molecule has 0 unspecified atom stereocenters. The molecule has 0 aliphatic carbocycles. The van der Waals surface area contributed by atoms with Gasteiger partial charge in [0, 0.05) is 0 Å². The number of carbonyl (C=O) groups is 1. The standard InChI is InChI=1S/C7H7NO5S/c8-7(10)4-2-1-3-5(6(4)9)14(11,12)13/h1-3,9H,(H2,8,10)(H,11,12,13). The summed E-state index contributed by atoms with van der Waals surface area (Å²) in [6.45, 7) is 0. The molecule has 76 valence electrons. The van der Waals surface area contributed by atoms with Gasteiger partial charge in [-0.1, -0.05) is 6.07 Å². The average molecular weight is 217 g/mol. The maximum atomic E-state index is 10.7. The number of aromatic hydroxyl groups is 1. The highest BCUT2D eigenvalue weighted by Gasteiger charge is 2.19. The molecule has 0 fully saturated rings. The lowest BCUT2D eigenvalue weighted by molar-refractivity contribution is 0.0997. The van der Waals surface area contributed by atoms with E-state index in [-0.39, 0.29) is 5.56 Å². The number of hydrogen-bond donors (Lipinski definition) is 3. The maximum Gasteiger partial charge on any atom is 0.298 e. The van der Waals surface area contributed by atoms with E-state index in [0.717, 1.165) is 12.1 Å². The second kappa shape index (κ2) is 3.28. The molecule has 7 heteroatoms. The van der Waals surface area contributed by atoms with E-state index >= 15 is 0 Å². The van der Waals surface area contributed by atoms with Crippen molar-refractivity contribution in [3.8, 4) is 5.75 Å². The van der Waals surface area contributed by atoms with Crippen LogP contribution >= 0.6 is 0 Å². The molecule has 0 aliphatic heterocycles. The van der Waals surface area contributed by atoms with Crippen LogP contribution in [0.5, 0.6) is 5.75 Å². The number of para-hydroxylation sites is 1. The normalized spacial score (nSPS) is 11.2. The van der Waals surface area contributed by atoms with Crippen LogP contribution in [-0.2, 0) is 10.1 Å². The van der Waals surface area contributed by atoms with E-state index < -0.39 is 26.7 Å². The summed E-state index contributed by atoms with van der Waals surface area (Å²) in [7, 11) is -4.55. The molecule has 0 saturated heterocycles. The summed E-state index contributed by atoms with van der Waals surface area (Å²) in [6.07, 6.45) is 0. The summed E-state index contributed by atoms with van der Waals surface area (Å²) in [5.74, 6) is -1.82. The first-order valence-corrected chi connectivity index (χ1v) is 4.87. The molecule has 0 saturated carbocycles. The third-order valence-electron chi connectivity index (χ3n) is 1.54. The van der Waals surface area contributed by atoms with Crippen LogP contribution in [0.1, 0.15) is 10.4 Å². The van der Waals surface area contributed by atoms with Gasteiger partial charge in [-0.2, -0.15) is 8.42 Å². The Hall–Kier alpha value is -1.60. The molecule has 0 radical (unpaired) electrons. The van der Waals surface area contributed by atoms with Crippen LogP contribution in [0.3, 0.4) is 0 Å². The minimum atomic E-state index is -4.55. The zero-order valence-corrected chi connectivity index (χ0v) is 7.65. The van der Waals surface area contributed by atoms with E-state index in [0.29, 0.717) is 0 Å². The molecule has 14 heavy (non-hydrogen) atoms. The van der Waals surface area contributed by atoms with E-state index in [1.807, 2.05) is 0 Å². The second-order valence-electron chi connectivity index (χ2n) is 2.49. The monoisotopic (exact) mass is 217 g/mol. The molecule has 6 nitrogen and oxygen atoms in total. The third kappa shape index (κ3) is 1.83. The molecule has 1 amide bonds. The van der Waals surface area contributed by atoms with Crippen molar-refractivity contribution in [1.29, 1.82) is 0 Å². The molecule has 0 aromatic heterocycles. The first kappa shape index (κ1) is 10.5. The van der Waals surface area contributed by atoms with Gasteiger partial charge in [0.25, 0.3) is 16.0 Å². The van der Waals surface area contributed by atoms with Crippen molar-refractivity contribution < 1.29 is 22.9 Å². The van der Waals surface area contributed by atoms with Crippen molar-refractivity contribution in [3.63, 3.8) is 0 Å². The Balaban J connectivity index is 3.51. The fourth-order valence-electron chi connectivity index (χ4n) is 0.929. The van der Waals surface area contributed by atoms with Crippen LogP contribution in [-0.4, -0.2) is 24.0 Å². The number of carbonyl (C=O) groups excluding carboxylic acids is 1. The Bertz CT molecular complexity index is 479. The number of primary amides is 1. The predicted octanol–water partition coefficient (Wildman–Crippen LogP) is -0.262. The van der Waals surface area contributed by atoms with Gasteiger partial charge in [0.2, 0.25) is 0 Å². The minimum absolute atomic E-state index is 0.361. The van der Waals surface area contributed by atoms with E-state index in [1.54, 1.807) is 0 Å². The summed E-state index contributed by atoms with van der Waals surface area (Å²) < 4.78 is 30.0. The zero-order valence-electron chi connectivity index (χ0n) is 6.84. The number of amides is 1. The first-order chi connectivity index (χ1) is 6.34. The number of hydrogen-bond acceptors (Lipinski definition) is 4. The van der Waals surface area contributed by atoms with Gasteiger partial charge >= 0.3 is 0 Å². The molecule has 0 heterocycles. The van der Waals surface area contributed by atoms with Gasteiger partial charge in [0.05, 0.1) is 5.56 Å². The zero-order chi connectivity index (χ0) is 10.9. The molecule has 0 spiro atoms. The van der Waals surface area contributed by atoms with Gasteiger partial charge in [-0.05, 0) is 12.1 Å². The van der Waals surface area contributed by atoms with Crippen molar-refractivity contribution in [3.05, 3.63) is 23.8 Å². The SMILES string of the molecule is NC(=O)c1cccc(S(=O)(=O)O)c1O. The Morgan fingerprint density at radius 3 is 2.36 bits per heavy atom. The van der Waals surface area contributed by atoms with Gasteiger partial charge < -0.3 is 10.8 Å². The molecule has 0 atom stereocenters. The van der Waals surface area contributed by atoms with E-state index in [9.17, 15) is 18.3 Å². The van der Waals surface area contributed by atoms with Crippen molar-refractivity contribution >= 4 is 16.0 Å². The van der Waals surface area contributed by atoms with Gasteiger partial charge in [-0.3, -0.25) is 9.35 Å². The van der Waals surface area contributed by atoms with Gasteiger partial charge in [0.1, 0.15) is 10.6 Å². The molecular formula is C7H7NO5S. The fourth-order valence-corrected chi connectivity index (χ4v) is 1.53. The van der Waals surface area contributed by atoms with Crippen molar-refractivity contribution in [1.82, 2.24) is 0 Å². The van der Waals surface area contributed by atoms with Crippen LogP contribution in [0.15, 0.2) is 23.1 Å². The summed E-state index contributed by atoms with van der Waals surface area (Å²) in [6, 6.07) is 3.28. The smallest absolute Gasteiger partial charge is 0.298 e. The predicted molar refractivity (Wildman–Crippen MR) is 46.4 cm³/mol. The number of rotatable bonds is 2. The molecular weight excluding hydrogens is 210 g/mol. The summed E-state index contributed by atoms with van der Waals surface area (Å²) in [5, 5.41) is 9.25. The largest absolute Gasteiger partial charge is 0.506 e. The maximum absolute atomic E-state index is 10.7. The minimum Gasteiger partial charge on any atom is -0.506 e. The average Bonchev–Trinajstić information content (AvgIpc) is 2.01. The lowest BCUT2D eigenvalue weighted by atomic mass is 10.2. The van der Waals surface area contributed by atoms with Crippen LogP contribution in [0.4, 0.5) is 0 Å². The second-order valence-corrected chi connectivity index (χ2v) is 3.88. The van der Waals surface area contributed by atoms with Crippen molar-refractivity contribution in [2.75, 3.05) is 0 Å². The van der Waals surface area contributed by atoms with Crippen LogP contribution < -0.4 is 5.73 Å². The number of benzene rings is 1. The Kier molecular flexibility index (Phi) is 2.45. The van der Waals surface area contributed by atoms with Gasteiger partial charge in [-0.25, -0.2) is 0 Å². The van der Waals surface area contributed by atoms with Gasteiger partial charge in [0.15, 0.2) is 0 Å². The molecule has 4 N–H and O–H groups in total. The highest BCUT2D eigenvalue weighted by molar-refractivity contribution is 7.86. The van der Waals surface area contributed by atoms with Gasteiger partial charge in [-0.15, -0.1) is 0 Å². The highest BCUT2D eigenvalue weighted by atomic mass is 32.2. The summed E-state index contributed by atoms with van der Waals surface area (Å²) in [4.78, 5) is 9.94. The quantitative estimate of drug-likeness (QED) is 0.590. The molecule has 1 aromatic carbocycles. The Morgan fingerprint density at radius 1 is 1.36 bits per heavy atom. The topological polar surface area (TPSA) is 118 Å². The van der Waals surface area contributed by atoms with E-state index in [1.165, 1.54) is 6.07 Å². The number of phenols is 1. The summed E-state index contributed by atoms with van der Waals surface area (Å²) >= 11 is 0. The fraction of sp³-hybridized carbons (Fsp3) is 0. The third-order valence-corrected chi connectivity index (χ3v) is 2.43. The highest BCUT2D eigenvalue weighted by Crippen LogP contribution is 2.25. The number of nitrogens with two attached hydrogens (primary N) is 1. The molecule has 0 aliphatic rings. The summed E-state index contributed by atoms with van der Waals surface area (Å²) in [5.41, 5.74) is 4.49. The Morgan fingerprint density at radius 2 is 1.93 bits per heavy atom. The van der Waals surface area contributed by atoms with Crippen LogP contribution in [0, 0.1) is 0 Å². The Labute approximate surface area is 79.7 Å². The van der Waals surface area contributed by atoms with E-state index in [4.69, 9.17) is 10.3 Å². The van der Waals surface area contributed by atoms with Crippen LogP contribution in [0.2, 0.25) is 0 Å². The molecule has 0 bridgehead atoms. The van der Waals surface area contributed by atoms with E-state index in [2.05, 4.69) is 0 Å². The van der Waals surface area contributed by atoms with Crippen molar-refractivity contribution in [2.24, 2.45) is 5.73 Å². The lowest BCUT2D eigenvalue weighted by Crippen LogP contribution is -2.12. The lowest BCUT2D eigenvalue weighted by Gasteiger charge is -2.03. The van der Waals surface area contributed by atoms with Crippen molar-refractivity contribution in [2.45, 2.75) is 4.90 Å². The molecule has 1 aromatic rings. The van der Waals surface area contributed by atoms with Crippen LogP contribution in [0.25, 0.3) is 0 Å². The first-order valence-electron chi connectivity index (χ1n) is 3.43. The molecule has 1 rings (SSSR count).